The van der Waals surface area contributed by atoms with E-state index in [2.05, 4.69) is 11.2 Å². The molecular formula is C13H15Cl2NO2. The van der Waals surface area contributed by atoms with Gasteiger partial charge in [0.1, 0.15) is 12.7 Å². The first-order valence-electron chi connectivity index (χ1n) is 5.49. The molecule has 1 rings (SSSR count). The minimum atomic E-state index is -0.687. The standard InChI is InChI=1S/C13H15Cl2NO2/c1-3-9(2)16-7-10(17)8-18-13-11(14)5-4-6-12(13)15/h1,4-6,9-10,16-17H,7-8H2,2H3. The van der Waals surface area contributed by atoms with Gasteiger partial charge in [-0.2, -0.15) is 0 Å². The van der Waals surface area contributed by atoms with E-state index in [4.69, 9.17) is 34.4 Å². The van der Waals surface area contributed by atoms with E-state index in [1.165, 1.54) is 0 Å². The molecule has 18 heavy (non-hydrogen) atoms. The third-order valence-electron chi connectivity index (χ3n) is 2.25. The molecule has 0 spiro atoms. The Labute approximate surface area is 117 Å². The lowest BCUT2D eigenvalue weighted by Crippen LogP contribution is -2.35. The van der Waals surface area contributed by atoms with Gasteiger partial charge in [-0.3, -0.25) is 0 Å². The minimum Gasteiger partial charge on any atom is -0.488 e. The Morgan fingerprint density at radius 3 is 2.61 bits per heavy atom. The van der Waals surface area contributed by atoms with Crippen molar-refractivity contribution in [2.75, 3.05) is 13.2 Å². The van der Waals surface area contributed by atoms with Gasteiger partial charge in [0.2, 0.25) is 0 Å². The zero-order valence-electron chi connectivity index (χ0n) is 9.99. The fourth-order valence-electron chi connectivity index (χ4n) is 1.23. The van der Waals surface area contributed by atoms with Crippen LogP contribution in [0.5, 0.6) is 5.75 Å². The van der Waals surface area contributed by atoms with Crippen molar-refractivity contribution in [2.24, 2.45) is 0 Å². The van der Waals surface area contributed by atoms with Crippen molar-refractivity contribution in [3.63, 3.8) is 0 Å². The second kappa shape index (κ2) is 7.50. The van der Waals surface area contributed by atoms with Gasteiger partial charge in [-0.05, 0) is 19.1 Å². The molecule has 0 saturated carbocycles. The molecule has 0 radical (unpaired) electrons. The highest BCUT2D eigenvalue weighted by Crippen LogP contribution is 2.32. The van der Waals surface area contributed by atoms with Crippen molar-refractivity contribution in [3.8, 4) is 18.1 Å². The topological polar surface area (TPSA) is 41.5 Å². The van der Waals surface area contributed by atoms with Gasteiger partial charge in [-0.15, -0.1) is 6.42 Å². The number of para-hydroxylation sites is 1. The number of terminal acetylenes is 1. The molecule has 2 N–H and O–H groups in total. The molecule has 0 aliphatic heterocycles. The van der Waals surface area contributed by atoms with Gasteiger partial charge in [0.25, 0.3) is 0 Å². The van der Waals surface area contributed by atoms with Crippen molar-refractivity contribution < 1.29 is 9.84 Å². The lowest BCUT2D eigenvalue weighted by molar-refractivity contribution is 0.105. The summed E-state index contributed by atoms with van der Waals surface area (Å²) in [4.78, 5) is 0. The molecule has 0 fully saturated rings. The van der Waals surface area contributed by atoms with E-state index < -0.39 is 6.10 Å². The summed E-state index contributed by atoms with van der Waals surface area (Å²) in [5.74, 6) is 2.89. The van der Waals surface area contributed by atoms with Crippen molar-refractivity contribution in [1.29, 1.82) is 0 Å². The van der Waals surface area contributed by atoms with E-state index >= 15 is 0 Å². The number of hydrogen-bond acceptors (Lipinski definition) is 3. The zero-order valence-corrected chi connectivity index (χ0v) is 11.5. The fourth-order valence-corrected chi connectivity index (χ4v) is 1.74. The second-order valence-corrected chi connectivity index (χ2v) is 4.63. The molecule has 1 aromatic carbocycles. The summed E-state index contributed by atoms with van der Waals surface area (Å²) in [6.07, 6.45) is 4.52. The van der Waals surface area contributed by atoms with Crippen LogP contribution in [0, 0.1) is 12.3 Å². The lowest BCUT2D eigenvalue weighted by Gasteiger charge is -2.15. The maximum Gasteiger partial charge on any atom is 0.156 e. The van der Waals surface area contributed by atoms with Gasteiger partial charge in [0, 0.05) is 6.54 Å². The van der Waals surface area contributed by atoms with Gasteiger partial charge in [0.15, 0.2) is 5.75 Å². The van der Waals surface area contributed by atoms with Gasteiger partial charge in [-0.25, -0.2) is 0 Å². The number of nitrogens with one attached hydrogen (secondary N) is 1. The first kappa shape index (κ1) is 15.1. The fraction of sp³-hybridized carbons (Fsp3) is 0.385. The second-order valence-electron chi connectivity index (χ2n) is 3.81. The summed E-state index contributed by atoms with van der Waals surface area (Å²) in [7, 11) is 0. The van der Waals surface area contributed by atoms with Crippen molar-refractivity contribution >= 4 is 23.2 Å². The minimum absolute atomic E-state index is 0.0910. The number of ether oxygens (including phenoxy) is 1. The highest BCUT2D eigenvalue weighted by atomic mass is 35.5. The maximum atomic E-state index is 9.69. The predicted octanol–water partition coefficient (Wildman–Crippen LogP) is 2.34. The molecule has 0 aromatic heterocycles. The highest BCUT2D eigenvalue weighted by molar-refractivity contribution is 6.37. The monoisotopic (exact) mass is 287 g/mol. The van der Waals surface area contributed by atoms with Crippen LogP contribution >= 0.6 is 23.2 Å². The Morgan fingerprint density at radius 1 is 1.44 bits per heavy atom. The van der Waals surface area contributed by atoms with E-state index in [1.54, 1.807) is 18.2 Å². The number of rotatable bonds is 6. The number of aliphatic hydroxyl groups excluding tert-OH is 1. The molecule has 0 bridgehead atoms. The Kier molecular flexibility index (Phi) is 6.31. The van der Waals surface area contributed by atoms with Crippen molar-refractivity contribution in [2.45, 2.75) is 19.1 Å². The SMILES string of the molecule is C#CC(C)NCC(O)COc1c(Cl)cccc1Cl. The average molecular weight is 288 g/mol. The van der Waals surface area contributed by atoms with Gasteiger partial charge >= 0.3 is 0 Å². The number of benzene rings is 1. The first-order valence-corrected chi connectivity index (χ1v) is 6.24. The van der Waals surface area contributed by atoms with Crippen LogP contribution in [0.25, 0.3) is 0 Å². The third kappa shape index (κ3) is 4.75. The third-order valence-corrected chi connectivity index (χ3v) is 2.84. The molecule has 0 aliphatic rings. The van der Waals surface area contributed by atoms with Crippen LogP contribution in [-0.2, 0) is 0 Å². The van der Waals surface area contributed by atoms with Gasteiger partial charge in [-0.1, -0.05) is 35.2 Å². The van der Waals surface area contributed by atoms with Crippen LogP contribution in [0.1, 0.15) is 6.92 Å². The molecule has 0 saturated heterocycles. The Bertz CT molecular complexity index is 411. The van der Waals surface area contributed by atoms with Gasteiger partial charge < -0.3 is 15.2 Å². The smallest absolute Gasteiger partial charge is 0.156 e. The van der Waals surface area contributed by atoms with Crippen LogP contribution in [-0.4, -0.2) is 30.4 Å². The molecule has 98 valence electrons. The van der Waals surface area contributed by atoms with Gasteiger partial charge in [0.05, 0.1) is 16.1 Å². The van der Waals surface area contributed by atoms with E-state index in [-0.39, 0.29) is 12.6 Å². The van der Waals surface area contributed by atoms with Crippen molar-refractivity contribution in [3.05, 3.63) is 28.2 Å². The molecule has 0 aliphatic carbocycles. The summed E-state index contributed by atoms with van der Waals surface area (Å²) in [6, 6.07) is 4.98. The quantitative estimate of drug-likeness (QED) is 0.790. The maximum absolute atomic E-state index is 9.69. The number of hydrogen-bond donors (Lipinski definition) is 2. The number of halogens is 2. The Balaban J connectivity index is 2.43. The average Bonchev–Trinajstić information content (AvgIpc) is 2.35. The molecule has 0 amide bonds. The van der Waals surface area contributed by atoms with Crippen LogP contribution in [0.4, 0.5) is 0 Å². The largest absolute Gasteiger partial charge is 0.488 e. The molecule has 2 atom stereocenters. The van der Waals surface area contributed by atoms with E-state index in [1.807, 2.05) is 6.92 Å². The first-order chi connectivity index (χ1) is 8.54. The summed E-state index contributed by atoms with van der Waals surface area (Å²) >= 11 is 11.9. The molecule has 1 aromatic rings. The number of aliphatic hydroxyl groups is 1. The van der Waals surface area contributed by atoms with E-state index in [0.29, 0.717) is 22.3 Å². The summed E-state index contributed by atoms with van der Waals surface area (Å²) < 4.78 is 5.39. The molecule has 3 nitrogen and oxygen atoms in total. The zero-order chi connectivity index (χ0) is 13.5. The molecule has 5 heteroatoms. The van der Waals surface area contributed by atoms with Crippen molar-refractivity contribution in [1.82, 2.24) is 5.32 Å². The molecular weight excluding hydrogens is 273 g/mol. The van der Waals surface area contributed by atoms with E-state index in [0.717, 1.165) is 0 Å². The van der Waals surface area contributed by atoms with Crippen LogP contribution in [0.15, 0.2) is 18.2 Å². The molecule has 2 unspecified atom stereocenters. The van der Waals surface area contributed by atoms with E-state index in [9.17, 15) is 5.11 Å². The normalized spacial score (nSPS) is 13.7. The van der Waals surface area contributed by atoms with Crippen LogP contribution in [0.3, 0.4) is 0 Å². The molecule has 0 heterocycles. The summed E-state index contributed by atoms with van der Waals surface area (Å²) in [5.41, 5.74) is 0. The predicted molar refractivity (Wildman–Crippen MR) is 74.3 cm³/mol. The Morgan fingerprint density at radius 2 is 2.06 bits per heavy atom. The Hall–Kier alpha value is -0.920. The van der Waals surface area contributed by atoms with Crippen LogP contribution < -0.4 is 10.1 Å². The lowest BCUT2D eigenvalue weighted by atomic mass is 10.3. The summed E-state index contributed by atoms with van der Waals surface area (Å²) in [5, 5.41) is 13.5. The summed E-state index contributed by atoms with van der Waals surface area (Å²) in [6.45, 7) is 2.26. The highest BCUT2D eigenvalue weighted by Gasteiger charge is 2.10. The van der Waals surface area contributed by atoms with Crippen LogP contribution in [0.2, 0.25) is 10.0 Å².